The Morgan fingerprint density at radius 2 is 1.32 bits per heavy atom. The molecule has 0 atom stereocenters. The van der Waals surface area contributed by atoms with Crippen molar-refractivity contribution < 1.29 is 4.79 Å². The molecular weight excluding hydrogens is 232 g/mol. The summed E-state index contributed by atoms with van der Waals surface area (Å²) in [7, 11) is 0. The quantitative estimate of drug-likeness (QED) is 0.581. The Morgan fingerprint density at radius 3 is 1.79 bits per heavy atom. The molecule has 0 saturated heterocycles. The number of hydrogen-bond donors (Lipinski definition) is 0. The molecule has 1 nitrogen and oxygen atoms in total. The van der Waals surface area contributed by atoms with E-state index in [1.54, 1.807) is 6.92 Å². The fraction of sp³-hybridized carbons (Fsp3) is 0.167. The van der Waals surface area contributed by atoms with Crippen LogP contribution in [0.2, 0.25) is 0 Å². The standard InChI is InChI=1S/C18H18O/c1-13-4-8-16(9-5-13)12-18(15(3)19)17-10-6-14(2)7-11-17/h4-12H,1-3H3/b18-12-. The van der Waals surface area contributed by atoms with Gasteiger partial charge < -0.3 is 0 Å². The summed E-state index contributed by atoms with van der Waals surface area (Å²) in [6.45, 7) is 5.71. The minimum atomic E-state index is 0.0874. The van der Waals surface area contributed by atoms with Crippen molar-refractivity contribution in [2.45, 2.75) is 20.8 Å². The lowest BCUT2D eigenvalue weighted by Gasteiger charge is -2.05. The molecule has 0 aliphatic carbocycles. The number of ketones is 1. The highest BCUT2D eigenvalue weighted by Gasteiger charge is 2.07. The van der Waals surface area contributed by atoms with E-state index >= 15 is 0 Å². The molecule has 0 aromatic heterocycles. The lowest BCUT2D eigenvalue weighted by Crippen LogP contribution is -1.96. The van der Waals surface area contributed by atoms with Crippen LogP contribution < -0.4 is 0 Å². The van der Waals surface area contributed by atoms with Crippen LogP contribution in [0, 0.1) is 13.8 Å². The van der Waals surface area contributed by atoms with E-state index in [4.69, 9.17) is 0 Å². The highest BCUT2D eigenvalue weighted by molar-refractivity contribution is 6.24. The topological polar surface area (TPSA) is 17.1 Å². The van der Waals surface area contributed by atoms with E-state index in [1.807, 2.05) is 49.4 Å². The van der Waals surface area contributed by atoms with Crippen molar-refractivity contribution in [1.82, 2.24) is 0 Å². The molecule has 19 heavy (non-hydrogen) atoms. The number of hydrogen-bond acceptors (Lipinski definition) is 1. The number of aryl methyl sites for hydroxylation is 2. The Kier molecular flexibility index (Phi) is 3.96. The second-order valence-corrected chi connectivity index (χ2v) is 4.89. The Labute approximate surface area is 114 Å². The third-order valence-corrected chi connectivity index (χ3v) is 3.13. The van der Waals surface area contributed by atoms with Gasteiger partial charge in [-0.2, -0.15) is 0 Å². The molecule has 0 amide bonds. The fourth-order valence-corrected chi connectivity index (χ4v) is 1.95. The van der Waals surface area contributed by atoms with Crippen LogP contribution in [0.3, 0.4) is 0 Å². The zero-order valence-electron chi connectivity index (χ0n) is 11.6. The van der Waals surface area contributed by atoms with E-state index in [1.165, 1.54) is 11.1 Å². The summed E-state index contributed by atoms with van der Waals surface area (Å²) in [5.74, 6) is 0.0874. The van der Waals surface area contributed by atoms with Crippen LogP contribution in [0.25, 0.3) is 11.6 Å². The minimum absolute atomic E-state index is 0.0874. The molecule has 2 aromatic rings. The normalized spacial score (nSPS) is 11.4. The number of rotatable bonds is 3. The van der Waals surface area contributed by atoms with Gasteiger partial charge in [0.2, 0.25) is 0 Å². The van der Waals surface area contributed by atoms with Crippen LogP contribution in [0.1, 0.15) is 29.2 Å². The van der Waals surface area contributed by atoms with Gasteiger partial charge in [-0.25, -0.2) is 0 Å². The lowest BCUT2D eigenvalue weighted by atomic mass is 9.98. The number of carbonyl (C=O) groups excluding carboxylic acids is 1. The van der Waals surface area contributed by atoms with Gasteiger partial charge in [-0.15, -0.1) is 0 Å². The summed E-state index contributed by atoms with van der Waals surface area (Å²) in [4.78, 5) is 11.8. The molecule has 0 fully saturated rings. The fourth-order valence-electron chi connectivity index (χ4n) is 1.95. The Hall–Kier alpha value is -2.15. The first-order chi connectivity index (χ1) is 9.06. The maximum atomic E-state index is 11.8. The monoisotopic (exact) mass is 250 g/mol. The summed E-state index contributed by atoms with van der Waals surface area (Å²) in [6.07, 6.45) is 1.95. The van der Waals surface area contributed by atoms with Gasteiger partial charge >= 0.3 is 0 Å². The van der Waals surface area contributed by atoms with Gasteiger partial charge in [0.05, 0.1) is 0 Å². The van der Waals surface area contributed by atoms with Crippen LogP contribution in [-0.4, -0.2) is 5.78 Å². The lowest BCUT2D eigenvalue weighted by molar-refractivity contribution is -0.111. The third kappa shape index (κ3) is 3.41. The van der Waals surface area contributed by atoms with Gasteiger partial charge in [-0.3, -0.25) is 4.79 Å². The first-order valence-corrected chi connectivity index (χ1v) is 6.42. The van der Waals surface area contributed by atoms with E-state index in [0.29, 0.717) is 0 Å². The van der Waals surface area contributed by atoms with E-state index in [9.17, 15) is 4.79 Å². The predicted molar refractivity (Wildman–Crippen MR) is 80.9 cm³/mol. The van der Waals surface area contributed by atoms with Crippen molar-refractivity contribution in [3.05, 3.63) is 70.8 Å². The highest BCUT2D eigenvalue weighted by Crippen LogP contribution is 2.20. The van der Waals surface area contributed by atoms with Gasteiger partial charge in [0.1, 0.15) is 0 Å². The summed E-state index contributed by atoms with van der Waals surface area (Å²) in [5.41, 5.74) is 5.19. The van der Waals surface area contributed by atoms with Gasteiger partial charge in [0, 0.05) is 5.57 Å². The predicted octanol–water partition coefficient (Wildman–Crippen LogP) is 4.43. The molecule has 0 saturated carbocycles. The number of Topliss-reactive ketones (excluding diaryl/α,β-unsaturated/α-hetero) is 1. The average Bonchev–Trinajstić information content (AvgIpc) is 2.39. The van der Waals surface area contributed by atoms with E-state index in [0.717, 1.165) is 16.7 Å². The largest absolute Gasteiger partial charge is 0.294 e. The average molecular weight is 250 g/mol. The third-order valence-electron chi connectivity index (χ3n) is 3.13. The van der Waals surface area contributed by atoms with Crippen molar-refractivity contribution in [2.75, 3.05) is 0 Å². The molecule has 0 aliphatic heterocycles. The SMILES string of the molecule is CC(=O)/C(=C/c1ccc(C)cc1)c1ccc(C)cc1. The summed E-state index contributed by atoms with van der Waals surface area (Å²) < 4.78 is 0. The van der Waals surface area contributed by atoms with Gasteiger partial charge in [0.25, 0.3) is 0 Å². The molecule has 96 valence electrons. The number of benzene rings is 2. The van der Waals surface area contributed by atoms with Crippen LogP contribution in [-0.2, 0) is 4.79 Å². The molecule has 2 aromatic carbocycles. The molecule has 0 aliphatic rings. The zero-order valence-corrected chi connectivity index (χ0v) is 11.6. The second-order valence-electron chi connectivity index (χ2n) is 4.89. The Balaban J connectivity index is 2.43. The molecule has 0 radical (unpaired) electrons. The van der Waals surface area contributed by atoms with Crippen molar-refractivity contribution >= 4 is 17.4 Å². The Bertz CT molecular complexity index is 601. The molecule has 0 heterocycles. The second kappa shape index (κ2) is 5.66. The molecule has 1 heteroatoms. The van der Waals surface area contributed by atoms with Crippen LogP contribution in [0.4, 0.5) is 0 Å². The van der Waals surface area contributed by atoms with E-state index in [-0.39, 0.29) is 5.78 Å². The van der Waals surface area contributed by atoms with E-state index < -0.39 is 0 Å². The molecule has 0 unspecified atom stereocenters. The van der Waals surface area contributed by atoms with Crippen molar-refractivity contribution in [2.24, 2.45) is 0 Å². The molecule has 0 N–H and O–H groups in total. The molecule has 0 spiro atoms. The van der Waals surface area contributed by atoms with Crippen LogP contribution in [0.5, 0.6) is 0 Å². The van der Waals surface area contributed by atoms with Gasteiger partial charge in [-0.05, 0) is 38.0 Å². The van der Waals surface area contributed by atoms with Crippen LogP contribution in [0.15, 0.2) is 48.5 Å². The Morgan fingerprint density at radius 1 is 0.842 bits per heavy atom. The summed E-state index contributed by atoms with van der Waals surface area (Å²) >= 11 is 0. The number of carbonyl (C=O) groups is 1. The molecule has 0 bridgehead atoms. The van der Waals surface area contributed by atoms with E-state index in [2.05, 4.69) is 19.1 Å². The number of allylic oxidation sites excluding steroid dienone is 1. The van der Waals surface area contributed by atoms with Crippen molar-refractivity contribution in [1.29, 1.82) is 0 Å². The van der Waals surface area contributed by atoms with Crippen molar-refractivity contribution in [3.8, 4) is 0 Å². The van der Waals surface area contributed by atoms with Gasteiger partial charge in [-0.1, -0.05) is 59.7 Å². The van der Waals surface area contributed by atoms with Crippen LogP contribution >= 0.6 is 0 Å². The maximum absolute atomic E-state index is 11.8. The molecular formula is C18H18O. The smallest absolute Gasteiger partial charge is 0.160 e. The maximum Gasteiger partial charge on any atom is 0.160 e. The summed E-state index contributed by atoms with van der Waals surface area (Å²) in [5, 5.41) is 0. The first-order valence-electron chi connectivity index (χ1n) is 6.42. The zero-order chi connectivity index (χ0) is 13.8. The minimum Gasteiger partial charge on any atom is -0.294 e. The first kappa shape index (κ1) is 13.3. The van der Waals surface area contributed by atoms with Gasteiger partial charge in [0.15, 0.2) is 5.78 Å². The summed E-state index contributed by atoms with van der Waals surface area (Å²) in [6, 6.07) is 16.2. The van der Waals surface area contributed by atoms with Crippen molar-refractivity contribution in [3.63, 3.8) is 0 Å². The molecule has 2 rings (SSSR count). The highest BCUT2D eigenvalue weighted by atomic mass is 16.1.